The van der Waals surface area contributed by atoms with Crippen LogP contribution < -0.4 is 16.5 Å². The van der Waals surface area contributed by atoms with E-state index in [2.05, 4.69) is 20.3 Å². The summed E-state index contributed by atoms with van der Waals surface area (Å²) >= 11 is 2.22. The van der Waals surface area contributed by atoms with Crippen LogP contribution in [0.4, 0.5) is 5.13 Å². The van der Waals surface area contributed by atoms with Gasteiger partial charge in [0.25, 0.3) is 17.7 Å². The molecule has 3 heterocycles. The number of nitrogen functional groups attached to an aromatic ring is 1. The summed E-state index contributed by atoms with van der Waals surface area (Å²) in [5.74, 6) is -3.99. The van der Waals surface area contributed by atoms with Gasteiger partial charge in [0.05, 0.1) is 7.11 Å². The molecule has 0 aromatic carbocycles. The van der Waals surface area contributed by atoms with E-state index >= 15 is 0 Å². The second-order valence-corrected chi connectivity index (χ2v) is 8.91. The van der Waals surface area contributed by atoms with Crippen molar-refractivity contribution in [2.45, 2.75) is 18.3 Å². The standard InChI is InChI=1S/C18H20N6O9S2/c1-7(25)32-3-8-5-34-16-12(15(28)24(16)13(8)17(29)30)21-14(27)11(9-6-35-18(19)20-9)23-33-4-10(26)22-31-2/h6,12,16H,3-5H2,1-2H3,(H2,19,20)(H,21,27)(H,22,26)(H,29,30)/b23-11-/t12-,16-/m1/s1. The molecule has 1 saturated heterocycles. The number of nitrogens with zero attached hydrogens (tertiary/aromatic N) is 3. The highest BCUT2D eigenvalue weighted by atomic mass is 32.2. The third-order valence-electron chi connectivity index (χ3n) is 4.53. The SMILES string of the molecule is CONC(=O)CO/N=C(\C(=O)N[C@@H]1C(=O)N2C(C(=O)O)=C(COC(C)=O)CS[C@H]12)c1csc(N)n1. The molecular formula is C18H20N6O9S2. The lowest BCUT2D eigenvalue weighted by Crippen LogP contribution is -2.71. The van der Waals surface area contributed by atoms with E-state index in [1.54, 1.807) is 0 Å². The second-order valence-electron chi connectivity index (χ2n) is 6.91. The number of carboxylic acids is 1. The first-order valence-corrected chi connectivity index (χ1v) is 11.6. The van der Waals surface area contributed by atoms with Crippen molar-refractivity contribution in [1.29, 1.82) is 0 Å². The summed E-state index contributed by atoms with van der Waals surface area (Å²) in [6, 6.07) is -1.07. The third kappa shape index (κ3) is 5.87. The molecule has 0 unspecified atom stereocenters. The maximum atomic E-state index is 12.9. The predicted octanol–water partition coefficient (Wildman–Crippen LogP) is -1.57. The fraction of sp³-hybridized carbons (Fsp3) is 0.389. The number of oxime groups is 1. The number of fused-ring (bicyclic) bond motifs is 1. The van der Waals surface area contributed by atoms with Crippen molar-refractivity contribution >= 4 is 63.6 Å². The number of anilines is 1. The van der Waals surface area contributed by atoms with E-state index in [1.165, 1.54) is 31.2 Å². The average Bonchev–Trinajstić information content (AvgIpc) is 3.23. The normalized spacial score (nSPS) is 19.4. The van der Waals surface area contributed by atoms with Gasteiger partial charge in [-0.3, -0.25) is 28.9 Å². The van der Waals surface area contributed by atoms with Crippen LogP contribution in [0.3, 0.4) is 0 Å². The van der Waals surface area contributed by atoms with E-state index in [9.17, 15) is 29.1 Å². The zero-order valence-electron chi connectivity index (χ0n) is 18.3. The first-order valence-electron chi connectivity index (χ1n) is 9.71. The zero-order chi connectivity index (χ0) is 25.7. The van der Waals surface area contributed by atoms with Gasteiger partial charge < -0.3 is 25.7 Å². The Balaban J connectivity index is 1.75. The fourth-order valence-corrected chi connectivity index (χ4v) is 4.97. The minimum Gasteiger partial charge on any atom is -0.477 e. The largest absolute Gasteiger partial charge is 0.477 e. The Labute approximate surface area is 205 Å². The Morgan fingerprint density at radius 2 is 2.11 bits per heavy atom. The number of hydrogen-bond acceptors (Lipinski definition) is 13. The molecule has 3 rings (SSSR count). The number of carbonyl (C=O) groups excluding carboxylic acids is 4. The van der Waals surface area contributed by atoms with Crippen molar-refractivity contribution in [3.8, 4) is 0 Å². The van der Waals surface area contributed by atoms with E-state index in [-0.39, 0.29) is 40.2 Å². The molecule has 0 aliphatic carbocycles. The summed E-state index contributed by atoms with van der Waals surface area (Å²) in [6.07, 6.45) is 0. The van der Waals surface area contributed by atoms with Gasteiger partial charge in [0, 0.05) is 23.6 Å². The number of β-lactam (4-membered cyclic amide) rings is 1. The Morgan fingerprint density at radius 1 is 1.37 bits per heavy atom. The van der Waals surface area contributed by atoms with Crippen molar-refractivity contribution in [1.82, 2.24) is 20.7 Å². The first-order chi connectivity index (χ1) is 16.6. The number of esters is 1. The van der Waals surface area contributed by atoms with Crippen LogP contribution >= 0.6 is 23.1 Å². The third-order valence-corrected chi connectivity index (χ3v) is 6.55. The predicted molar refractivity (Wildman–Crippen MR) is 120 cm³/mol. The van der Waals surface area contributed by atoms with Crippen LogP contribution in [0.25, 0.3) is 0 Å². The van der Waals surface area contributed by atoms with Crippen LogP contribution in [0, 0.1) is 0 Å². The highest BCUT2D eigenvalue weighted by Gasteiger charge is 2.54. The van der Waals surface area contributed by atoms with Gasteiger partial charge in [-0.2, -0.15) is 0 Å². The van der Waals surface area contributed by atoms with Gasteiger partial charge in [0.15, 0.2) is 17.5 Å². The summed E-state index contributed by atoms with van der Waals surface area (Å²) < 4.78 is 4.88. The molecule has 0 bridgehead atoms. The molecule has 1 aromatic rings. The number of carboxylic acid groups (broad SMARTS) is 1. The lowest BCUT2D eigenvalue weighted by atomic mass is 10.0. The Bertz CT molecular complexity index is 1120. The molecular weight excluding hydrogens is 508 g/mol. The number of ether oxygens (including phenoxy) is 1. The molecule has 1 aromatic heterocycles. The maximum absolute atomic E-state index is 12.9. The van der Waals surface area contributed by atoms with Crippen molar-refractivity contribution in [3.05, 3.63) is 22.3 Å². The fourth-order valence-electron chi connectivity index (χ4n) is 3.09. The molecule has 1 fully saturated rings. The second kappa shape index (κ2) is 11.2. The van der Waals surface area contributed by atoms with Crippen LogP contribution in [0.2, 0.25) is 0 Å². The summed E-state index contributed by atoms with van der Waals surface area (Å²) in [7, 11) is 1.23. The number of amides is 3. The number of carbonyl (C=O) groups is 5. The summed E-state index contributed by atoms with van der Waals surface area (Å²) in [5, 5.41) is 16.6. The Morgan fingerprint density at radius 3 is 2.71 bits per heavy atom. The van der Waals surface area contributed by atoms with E-state index in [1.807, 2.05) is 5.48 Å². The van der Waals surface area contributed by atoms with Gasteiger partial charge in [-0.25, -0.2) is 15.3 Å². The lowest BCUT2D eigenvalue weighted by molar-refractivity contribution is -0.150. The molecule has 188 valence electrons. The number of thiazole rings is 1. The van der Waals surface area contributed by atoms with Crippen LogP contribution in [0.1, 0.15) is 12.6 Å². The topological polar surface area (TPSA) is 212 Å². The van der Waals surface area contributed by atoms with E-state index < -0.39 is 47.7 Å². The molecule has 5 N–H and O–H groups in total. The first kappa shape index (κ1) is 25.9. The number of hydrogen-bond donors (Lipinski definition) is 4. The van der Waals surface area contributed by atoms with Crippen LogP contribution in [-0.4, -0.2) is 87.9 Å². The molecule has 35 heavy (non-hydrogen) atoms. The minimum absolute atomic E-state index is 0.0480. The number of nitrogens with one attached hydrogen (secondary N) is 2. The lowest BCUT2D eigenvalue weighted by Gasteiger charge is -2.49. The summed E-state index contributed by atoms with van der Waals surface area (Å²) in [6.45, 7) is 0.340. The summed E-state index contributed by atoms with van der Waals surface area (Å²) in [5.41, 5.74) is 7.30. The molecule has 2 atom stereocenters. The van der Waals surface area contributed by atoms with Gasteiger partial charge in [0.1, 0.15) is 29.4 Å². The molecule has 17 heteroatoms. The van der Waals surface area contributed by atoms with Gasteiger partial charge in [0.2, 0.25) is 0 Å². The highest BCUT2D eigenvalue weighted by Crippen LogP contribution is 2.40. The molecule has 3 amide bonds. The molecule has 2 aliphatic heterocycles. The summed E-state index contributed by atoms with van der Waals surface area (Å²) in [4.78, 5) is 74.5. The highest BCUT2D eigenvalue weighted by molar-refractivity contribution is 8.00. The molecule has 15 nitrogen and oxygen atoms in total. The number of rotatable bonds is 10. The Hall–Kier alpha value is -3.70. The Kier molecular flexibility index (Phi) is 8.26. The van der Waals surface area contributed by atoms with E-state index in [0.717, 1.165) is 16.2 Å². The van der Waals surface area contributed by atoms with Gasteiger partial charge in [-0.05, 0) is 0 Å². The molecule has 0 radical (unpaired) electrons. The number of thioether (sulfide) groups is 1. The van der Waals surface area contributed by atoms with Crippen LogP contribution in [0.15, 0.2) is 21.8 Å². The van der Waals surface area contributed by atoms with Gasteiger partial charge in [-0.1, -0.05) is 5.16 Å². The smallest absolute Gasteiger partial charge is 0.352 e. The van der Waals surface area contributed by atoms with Gasteiger partial charge >= 0.3 is 11.9 Å². The molecule has 2 aliphatic rings. The minimum atomic E-state index is -1.36. The maximum Gasteiger partial charge on any atom is 0.352 e. The zero-order valence-corrected chi connectivity index (χ0v) is 19.9. The number of hydroxylamine groups is 1. The molecule has 0 spiro atoms. The van der Waals surface area contributed by atoms with Crippen molar-refractivity contribution in [2.24, 2.45) is 5.16 Å². The van der Waals surface area contributed by atoms with Crippen LogP contribution in [0.5, 0.6) is 0 Å². The number of aromatic nitrogens is 1. The van der Waals surface area contributed by atoms with E-state index in [4.69, 9.17) is 15.3 Å². The van der Waals surface area contributed by atoms with Gasteiger partial charge in [-0.15, -0.1) is 23.1 Å². The average molecular weight is 529 g/mol. The van der Waals surface area contributed by atoms with Crippen LogP contribution in [-0.2, 0) is 38.4 Å². The van der Waals surface area contributed by atoms with Crippen molar-refractivity contribution in [2.75, 3.05) is 31.8 Å². The monoisotopic (exact) mass is 528 g/mol. The van der Waals surface area contributed by atoms with Crippen molar-refractivity contribution in [3.63, 3.8) is 0 Å². The van der Waals surface area contributed by atoms with Crippen molar-refractivity contribution < 1.29 is 43.5 Å². The quantitative estimate of drug-likeness (QED) is 0.117. The number of aliphatic carboxylic acids is 1. The molecule has 0 saturated carbocycles. The van der Waals surface area contributed by atoms with E-state index in [0.29, 0.717) is 0 Å². The number of nitrogens with two attached hydrogens (primary N) is 1.